The molecule has 2 nitrogen and oxygen atoms in total. The molecule has 3 unspecified atom stereocenters. The minimum absolute atomic E-state index is 0.194. The zero-order chi connectivity index (χ0) is 13.5. The summed E-state index contributed by atoms with van der Waals surface area (Å²) in [5.74, 6) is 0.994. The van der Waals surface area contributed by atoms with Crippen LogP contribution in [0.25, 0.3) is 0 Å². The van der Waals surface area contributed by atoms with Gasteiger partial charge >= 0.3 is 0 Å². The smallest absolute Gasteiger partial charge is 0.236 e. The van der Waals surface area contributed by atoms with E-state index in [-0.39, 0.29) is 11.3 Å². The molecular weight excluding hydrogens is 314 g/mol. The van der Waals surface area contributed by atoms with Crippen LogP contribution in [-0.2, 0) is 16.6 Å². The van der Waals surface area contributed by atoms with Crippen molar-refractivity contribution >= 4 is 27.5 Å². The van der Waals surface area contributed by atoms with E-state index in [1.54, 1.807) is 0 Å². The Kier molecular flexibility index (Phi) is 1.85. The van der Waals surface area contributed by atoms with Crippen LogP contribution < -0.4 is 5.32 Å². The van der Waals surface area contributed by atoms with Gasteiger partial charge in [0.25, 0.3) is 0 Å². The van der Waals surface area contributed by atoms with E-state index < -0.39 is 0 Å². The number of carbonyl (C=O) groups is 1. The summed E-state index contributed by atoms with van der Waals surface area (Å²) >= 11 is 3.55. The summed E-state index contributed by atoms with van der Waals surface area (Å²) in [7, 11) is 0. The van der Waals surface area contributed by atoms with Crippen molar-refractivity contribution in [2.24, 2.45) is 5.92 Å². The van der Waals surface area contributed by atoms with Crippen LogP contribution >= 0.6 is 15.9 Å². The van der Waals surface area contributed by atoms with Crippen LogP contribution in [0.3, 0.4) is 0 Å². The molecule has 3 aliphatic rings. The van der Waals surface area contributed by atoms with E-state index in [2.05, 4.69) is 45.5 Å². The Labute approximate surface area is 125 Å². The normalized spacial score (nSPS) is 31.8. The number of hydrogen-bond acceptors (Lipinski definition) is 1. The van der Waals surface area contributed by atoms with Crippen LogP contribution in [-0.4, -0.2) is 5.91 Å². The number of hydrogen-bond donors (Lipinski definition) is 1. The third kappa shape index (κ3) is 1.06. The number of halogens is 1. The summed E-state index contributed by atoms with van der Waals surface area (Å²) in [6, 6.07) is 14.6. The van der Waals surface area contributed by atoms with Crippen molar-refractivity contribution in [1.82, 2.24) is 0 Å². The number of para-hydroxylation sites is 1. The van der Waals surface area contributed by atoms with Crippen LogP contribution in [0.2, 0.25) is 0 Å². The van der Waals surface area contributed by atoms with Crippen molar-refractivity contribution < 1.29 is 4.79 Å². The van der Waals surface area contributed by atoms with Gasteiger partial charge in [0, 0.05) is 16.1 Å². The van der Waals surface area contributed by atoms with Crippen molar-refractivity contribution in [1.29, 1.82) is 0 Å². The Bertz CT molecular complexity index is 784. The Morgan fingerprint density at radius 3 is 2.95 bits per heavy atom. The molecule has 0 saturated heterocycles. The molecular formula is C17H12BrNO. The summed E-state index contributed by atoms with van der Waals surface area (Å²) in [5, 5.41) is 3.07. The third-order valence-electron chi connectivity index (χ3n) is 5.25. The lowest BCUT2D eigenvalue weighted by atomic mass is 9.86. The van der Waals surface area contributed by atoms with Crippen molar-refractivity contribution in [3.63, 3.8) is 0 Å². The van der Waals surface area contributed by atoms with Crippen molar-refractivity contribution in [2.75, 3.05) is 5.32 Å². The van der Waals surface area contributed by atoms with E-state index >= 15 is 0 Å². The predicted molar refractivity (Wildman–Crippen MR) is 80.8 cm³/mol. The van der Waals surface area contributed by atoms with Gasteiger partial charge in [-0.25, -0.2) is 0 Å². The van der Waals surface area contributed by atoms with Gasteiger partial charge < -0.3 is 5.32 Å². The zero-order valence-corrected chi connectivity index (χ0v) is 12.3. The number of carbonyl (C=O) groups excluding carboxylic acids is 1. The summed E-state index contributed by atoms with van der Waals surface area (Å²) in [6.07, 6.45) is 1.02. The lowest BCUT2D eigenvalue weighted by molar-refractivity contribution is -0.118. The van der Waals surface area contributed by atoms with E-state index in [1.807, 2.05) is 18.2 Å². The monoisotopic (exact) mass is 325 g/mol. The van der Waals surface area contributed by atoms with Gasteiger partial charge in [0.15, 0.2) is 0 Å². The molecule has 0 aromatic heterocycles. The summed E-state index contributed by atoms with van der Waals surface area (Å²) < 4.78 is 1.10. The quantitative estimate of drug-likeness (QED) is 0.787. The van der Waals surface area contributed by atoms with Gasteiger partial charge in [-0.1, -0.05) is 40.2 Å². The number of nitrogens with one attached hydrogen (secondary N) is 1. The van der Waals surface area contributed by atoms with Crippen LogP contribution in [0.5, 0.6) is 0 Å². The second kappa shape index (κ2) is 3.34. The van der Waals surface area contributed by atoms with Gasteiger partial charge in [0.05, 0.1) is 5.41 Å². The first kappa shape index (κ1) is 11.1. The number of amides is 1. The molecule has 3 atom stereocenters. The first-order valence-electron chi connectivity index (χ1n) is 6.92. The molecule has 1 spiro atoms. The van der Waals surface area contributed by atoms with Gasteiger partial charge in [-0.15, -0.1) is 0 Å². The van der Waals surface area contributed by atoms with Crippen LogP contribution in [0.4, 0.5) is 5.69 Å². The molecule has 1 heterocycles. The van der Waals surface area contributed by atoms with Crippen LogP contribution in [0.1, 0.15) is 22.6 Å². The predicted octanol–water partition coefficient (Wildman–Crippen LogP) is 3.61. The third-order valence-corrected chi connectivity index (χ3v) is 5.74. The lowest BCUT2D eigenvalue weighted by Gasteiger charge is -2.15. The first-order chi connectivity index (χ1) is 9.73. The molecule has 1 aliphatic heterocycles. The number of anilines is 1. The highest BCUT2D eigenvalue weighted by molar-refractivity contribution is 9.10. The van der Waals surface area contributed by atoms with E-state index in [4.69, 9.17) is 0 Å². The fourth-order valence-corrected chi connectivity index (χ4v) is 4.84. The molecule has 1 N–H and O–H groups in total. The summed E-state index contributed by atoms with van der Waals surface area (Å²) in [6.45, 7) is 0. The van der Waals surface area contributed by atoms with Crippen LogP contribution in [0, 0.1) is 5.92 Å². The largest absolute Gasteiger partial charge is 0.325 e. The highest BCUT2D eigenvalue weighted by Crippen LogP contribution is 2.73. The fourth-order valence-electron chi connectivity index (χ4n) is 4.46. The molecule has 2 aromatic carbocycles. The Hall–Kier alpha value is -1.61. The van der Waals surface area contributed by atoms with E-state index in [0.717, 1.165) is 16.6 Å². The second-order valence-corrected chi connectivity index (χ2v) is 6.92. The first-order valence-corrected chi connectivity index (χ1v) is 7.71. The van der Waals surface area contributed by atoms with Crippen molar-refractivity contribution in [3.8, 4) is 0 Å². The minimum Gasteiger partial charge on any atom is -0.325 e. The lowest BCUT2D eigenvalue weighted by Crippen LogP contribution is -2.25. The molecule has 5 rings (SSSR count). The SMILES string of the molecule is O=C1Nc2ccccc2C12C1Cc3ccc(Br)cc3C12. The average Bonchev–Trinajstić information content (AvgIpc) is 2.79. The van der Waals surface area contributed by atoms with Crippen LogP contribution in [0.15, 0.2) is 46.9 Å². The van der Waals surface area contributed by atoms with Gasteiger partial charge in [0.2, 0.25) is 5.91 Å². The van der Waals surface area contributed by atoms with E-state index in [0.29, 0.717) is 11.8 Å². The molecule has 1 amide bonds. The maximum absolute atomic E-state index is 12.6. The van der Waals surface area contributed by atoms with E-state index in [1.165, 1.54) is 16.7 Å². The fraction of sp³-hybridized carbons (Fsp3) is 0.235. The van der Waals surface area contributed by atoms with Gasteiger partial charge in [-0.05, 0) is 47.2 Å². The minimum atomic E-state index is -0.287. The maximum atomic E-state index is 12.6. The molecule has 1 fully saturated rings. The Morgan fingerprint density at radius 1 is 1.20 bits per heavy atom. The van der Waals surface area contributed by atoms with Gasteiger partial charge in [-0.2, -0.15) is 0 Å². The number of fused-ring (bicyclic) bond motifs is 7. The molecule has 1 saturated carbocycles. The highest BCUT2D eigenvalue weighted by atomic mass is 79.9. The van der Waals surface area contributed by atoms with E-state index in [9.17, 15) is 4.79 Å². The Morgan fingerprint density at radius 2 is 2.05 bits per heavy atom. The highest BCUT2D eigenvalue weighted by Gasteiger charge is 2.75. The molecule has 2 aliphatic carbocycles. The zero-order valence-electron chi connectivity index (χ0n) is 10.7. The topological polar surface area (TPSA) is 29.1 Å². The average molecular weight is 326 g/mol. The summed E-state index contributed by atoms with van der Waals surface area (Å²) in [5.41, 5.74) is 4.68. The molecule has 0 bridgehead atoms. The van der Waals surface area contributed by atoms with Gasteiger partial charge in [-0.3, -0.25) is 4.79 Å². The maximum Gasteiger partial charge on any atom is 0.236 e. The molecule has 0 radical (unpaired) electrons. The van der Waals surface area contributed by atoms with Crippen molar-refractivity contribution in [2.45, 2.75) is 17.8 Å². The second-order valence-electron chi connectivity index (χ2n) is 6.00. The van der Waals surface area contributed by atoms with Gasteiger partial charge in [0.1, 0.15) is 0 Å². The molecule has 2 aromatic rings. The molecule has 3 heteroatoms. The number of benzene rings is 2. The standard InChI is InChI=1S/C17H12BrNO/c18-10-6-5-9-7-13-15(11(9)8-10)17(13)12-3-1-2-4-14(12)19-16(17)20/h1-6,8,13,15H,7H2,(H,19,20). The molecule has 98 valence electrons. The summed E-state index contributed by atoms with van der Waals surface area (Å²) in [4.78, 5) is 12.6. The Balaban J connectivity index is 1.71. The molecule has 20 heavy (non-hydrogen) atoms. The number of rotatable bonds is 0. The van der Waals surface area contributed by atoms with Crippen molar-refractivity contribution in [3.05, 3.63) is 63.6 Å².